The van der Waals surface area contributed by atoms with Crippen LogP contribution in [0.5, 0.6) is 5.75 Å². The molecule has 1 atom stereocenters. The van der Waals surface area contributed by atoms with Crippen molar-refractivity contribution >= 4 is 179 Å². The number of halogens is 1. The lowest BCUT2D eigenvalue weighted by atomic mass is 9.95. The van der Waals surface area contributed by atoms with Gasteiger partial charge in [-0.3, -0.25) is 62.3 Å². The number of alkyl halides is 1. The molecule has 14 amide bonds. The molecule has 132 heavy (non-hydrogen) atoms. The highest BCUT2D eigenvalue weighted by molar-refractivity contribution is 6.20. The van der Waals surface area contributed by atoms with Crippen molar-refractivity contribution in [3.8, 4) is 5.75 Å². The lowest BCUT2D eigenvalue weighted by Crippen LogP contribution is -2.31. The van der Waals surface area contributed by atoms with Gasteiger partial charge in [-0.1, -0.05) is 24.3 Å². The number of nitrogens with zero attached hydrogens (tertiary/aromatic N) is 13. The van der Waals surface area contributed by atoms with E-state index in [0.717, 1.165) is 23.9 Å². The van der Waals surface area contributed by atoms with Crippen molar-refractivity contribution in [1.29, 1.82) is 0 Å². The number of nitrogens with one attached hydrogen (secondary N) is 14. The Labute approximate surface area is 758 Å². The summed E-state index contributed by atoms with van der Waals surface area (Å²) in [4.78, 5) is 202. The molecule has 0 radical (unpaired) electrons. The number of carbonyl (C=O) groups excluding carboxylic acids is 14. The first-order valence-electron chi connectivity index (χ1n) is 41.5. The van der Waals surface area contributed by atoms with E-state index < -0.39 is 71.1 Å². The molecule has 10 aromatic heterocycles. The maximum absolute atomic E-state index is 14.5. The number of H-pyrrole nitrogens is 1. The van der Waals surface area contributed by atoms with Crippen molar-refractivity contribution < 1.29 is 71.9 Å². The van der Waals surface area contributed by atoms with E-state index in [4.69, 9.17) is 16.3 Å². The first kappa shape index (κ1) is 91.7. The van der Waals surface area contributed by atoms with Crippen molar-refractivity contribution in [3.63, 3.8) is 0 Å². The minimum atomic E-state index is -0.668. The average Bonchev–Trinajstić information content (AvgIpc) is 1.58. The molecule has 14 rings (SSSR count). The Bertz CT molecular complexity index is 6810. The molecule has 0 fully saturated rings. The molecule has 684 valence electrons. The molecule has 3 aromatic carbocycles. The van der Waals surface area contributed by atoms with Crippen LogP contribution >= 0.6 is 11.6 Å². The molecular weight excluding hydrogens is 1720 g/mol. The summed E-state index contributed by atoms with van der Waals surface area (Å²) in [5.41, 5.74) is 6.21. The van der Waals surface area contributed by atoms with Crippen LogP contribution in [-0.2, 0) is 77.8 Å². The number of amides is 14. The first-order chi connectivity index (χ1) is 63.0. The quantitative estimate of drug-likeness (QED) is 0.0135. The molecule has 0 saturated heterocycles. The number of imidazole rings is 2. The maximum Gasteiger partial charge on any atom is 0.412 e. The molecule has 42 nitrogen and oxygen atoms in total. The molecule has 14 N–H and O–H groups in total. The van der Waals surface area contributed by atoms with Gasteiger partial charge in [-0.25, -0.2) is 14.8 Å². The molecule has 43 heteroatoms. The fourth-order valence-corrected chi connectivity index (χ4v) is 15.6. The van der Waals surface area contributed by atoms with Crippen molar-refractivity contribution in [2.75, 3.05) is 111 Å². The smallest absolute Gasteiger partial charge is 0.410 e. The average molecular weight is 1820 g/mol. The number of ether oxygens (including phenoxy) is 1. The Morgan fingerprint density at radius 1 is 0.417 bits per heavy atom. The molecule has 0 spiro atoms. The van der Waals surface area contributed by atoms with Gasteiger partial charge in [0.25, 0.3) is 59.1 Å². The molecule has 0 saturated carbocycles. The summed E-state index contributed by atoms with van der Waals surface area (Å²) in [5, 5.41) is 37.8. The van der Waals surface area contributed by atoms with Crippen molar-refractivity contribution in [2.45, 2.75) is 38.5 Å². The zero-order valence-electron chi connectivity index (χ0n) is 73.9. The second-order valence-electron chi connectivity index (χ2n) is 32.1. The third-order valence-electron chi connectivity index (χ3n) is 21.7. The Morgan fingerprint density at radius 3 is 1.32 bits per heavy atom. The minimum absolute atomic E-state index is 0.00777. The molecule has 0 aliphatic carbocycles. The fourth-order valence-electron chi connectivity index (χ4n) is 15.4. The van der Waals surface area contributed by atoms with Crippen LogP contribution in [-0.4, -0.2) is 197 Å². The van der Waals surface area contributed by atoms with Gasteiger partial charge in [0.2, 0.25) is 29.4 Å². The Balaban J connectivity index is 0.494. The number of rotatable bonds is 33. The fraction of sp³-hybridized carbons (Fsp3) is 0.258. The standard InChI is InChI=1S/C89H96ClN27O15/c1-48(118)94-52-29-70(109(5)39-52)85(127)106-73-47-115(11)77(105-73)86(128)92-25-22-75(120)103-72-46-116(12)78(104-72)87(129)101-58-35-69(114(10)45-58)84(126)97-54-31-64(108(4)41-54)79(121)91-23-15-19-74(119)95-53-30-65(110(6)40-53)81(123)98-56-33-67(112(8)43-56)83(125)100-57-34-68(113(9)44-57)82(124)99-55-32-66(111(7)42-55)80(122)96-51-20-21-61-49(27-51)28-62(102-61)88(130)117-38-50(37-90)76-60-18-14-13-17-59(60)71(36-63(76)117)132-89(131)93-24-16-26-107(2)3/h13-14,17-18,20-21,27-36,39-47,50,102H,15-16,19,22-26,37-38H2,1-12H3,(H,91,121)(H,92,128)(H,93,131)(H,94,118)(H,95,119)(H,96,122)(H,97,126)(H,98,123)(H,99,124)(H,100,125)(H,101,129)(H,103,120)(H,106,127). The summed E-state index contributed by atoms with van der Waals surface area (Å²) in [5.74, 6) is -6.26. The lowest BCUT2D eigenvalue weighted by molar-refractivity contribution is -0.117. The van der Waals surface area contributed by atoms with Crippen LogP contribution in [0.1, 0.15) is 149 Å². The number of anilines is 11. The Kier molecular flexibility index (Phi) is 27.1. The van der Waals surface area contributed by atoms with E-state index in [2.05, 4.69) is 84.1 Å². The van der Waals surface area contributed by atoms with Crippen LogP contribution in [0.25, 0.3) is 21.7 Å². The van der Waals surface area contributed by atoms with E-state index in [9.17, 15) is 67.1 Å². The van der Waals surface area contributed by atoms with Crippen LogP contribution in [0.2, 0.25) is 0 Å². The Hall–Kier alpha value is -16.5. The monoisotopic (exact) mass is 1820 g/mol. The predicted molar refractivity (Wildman–Crippen MR) is 495 cm³/mol. The molecule has 1 aliphatic heterocycles. The highest BCUT2D eigenvalue weighted by Crippen LogP contribution is 2.46. The maximum atomic E-state index is 14.5. The molecule has 1 unspecified atom stereocenters. The molecular formula is C89H96ClN27O15. The zero-order chi connectivity index (χ0) is 94.4. The SMILES string of the molecule is CC(=O)Nc1cc(C(=O)Nc2cn(C)c(C(=O)NCCC(=O)Nc3cn(C)c(C(=O)Nc4cc(C(=O)Nc5cc(C(=O)NCCCC(=O)Nc6cc(C(=O)Nc7cc(C(=O)Nc8cc(C(=O)Nc9cc(C(=O)Nc%10ccc%11[nH]c(C(=O)N%12CC(CCl)c%13c%12cc(OC(=O)NCCCN(C)C)c%12ccccc%13%12)cc%11c%10)n(C)c9)n(C)c8)n(C)c7)n(C)c6)n(C)c5)n(C)c4)n3)n2)n(C)c1. The Morgan fingerprint density at radius 2 is 0.833 bits per heavy atom. The lowest BCUT2D eigenvalue weighted by Gasteiger charge is -2.19. The van der Waals surface area contributed by atoms with Gasteiger partial charge >= 0.3 is 6.09 Å². The summed E-state index contributed by atoms with van der Waals surface area (Å²) >= 11 is 6.58. The number of aromatic nitrogens is 12. The first-order valence-corrected chi connectivity index (χ1v) is 42.0. The highest BCUT2D eigenvalue weighted by Gasteiger charge is 2.37. The van der Waals surface area contributed by atoms with Gasteiger partial charge in [-0.15, -0.1) is 11.6 Å². The van der Waals surface area contributed by atoms with Crippen molar-refractivity contribution in [3.05, 3.63) is 216 Å². The minimum Gasteiger partial charge on any atom is -0.410 e. The molecule has 11 heterocycles. The van der Waals surface area contributed by atoms with Gasteiger partial charge in [0.15, 0.2) is 11.6 Å². The third-order valence-corrected chi connectivity index (χ3v) is 22.0. The number of aromatic amines is 1. The van der Waals surface area contributed by atoms with E-state index in [-0.39, 0.29) is 154 Å². The van der Waals surface area contributed by atoms with E-state index >= 15 is 0 Å². The van der Waals surface area contributed by atoms with Crippen LogP contribution < -0.4 is 78.8 Å². The van der Waals surface area contributed by atoms with Gasteiger partial charge in [-0.05, 0) is 111 Å². The second kappa shape index (κ2) is 39.0. The summed E-state index contributed by atoms with van der Waals surface area (Å²) in [7, 11) is 18.4. The van der Waals surface area contributed by atoms with Gasteiger partial charge < -0.3 is 130 Å². The predicted octanol–water partition coefficient (Wildman–Crippen LogP) is 8.81. The van der Waals surface area contributed by atoms with E-state index in [1.165, 1.54) is 111 Å². The van der Waals surface area contributed by atoms with Crippen molar-refractivity contribution in [2.24, 2.45) is 63.4 Å². The summed E-state index contributed by atoms with van der Waals surface area (Å²) in [6, 6.07) is 26.5. The van der Waals surface area contributed by atoms with Crippen LogP contribution in [0.3, 0.4) is 0 Å². The summed E-state index contributed by atoms with van der Waals surface area (Å²) in [6.45, 7) is 2.83. The topological polar surface area (TPSA) is 497 Å². The number of hydrogen-bond acceptors (Lipinski definition) is 18. The van der Waals surface area contributed by atoms with E-state index in [0.29, 0.717) is 57.0 Å². The second-order valence-corrected chi connectivity index (χ2v) is 32.4. The van der Waals surface area contributed by atoms with E-state index in [1.54, 1.807) is 134 Å². The third kappa shape index (κ3) is 21.0. The van der Waals surface area contributed by atoms with Crippen LogP contribution in [0.15, 0.2) is 153 Å². The zero-order valence-corrected chi connectivity index (χ0v) is 74.7. The molecule has 13 aromatic rings. The number of hydrogen-bond donors (Lipinski definition) is 14. The number of carbonyl (C=O) groups is 14. The van der Waals surface area contributed by atoms with Crippen molar-refractivity contribution in [1.82, 2.24) is 76.9 Å². The number of aryl methyl sites for hydroxylation is 9. The van der Waals surface area contributed by atoms with Gasteiger partial charge in [0, 0.05) is 205 Å². The molecule has 0 bridgehead atoms. The van der Waals surface area contributed by atoms with E-state index in [1.807, 2.05) is 43.3 Å². The summed E-state index contributed by atoms with van der Waals surface area (Å²) in [6.07, 6.45) is 13.9. The van der Waals surface area contributed by atoms with Gasteiger partial charge in [-0.2, -0.15) is 0 Å². The molecule has 1 aliphatic rings. The largest absolute Gasteiger partial charge is 0.412 e. The van der Waals surface area contributed by atoms with Gasteiger partial charge in [0.1, 0.15) is 51.3 Å². The number of fused-ring (bicyclic) bond motifs is 4. The highest BCUT2D eigenvalue weighted by atomic mass is 35.5. The number of benzene rings is 3. The van der Waals surface area contributed by atoms with Crippen LogP contribution in [0, 0.1) is 0 Å². The summed E-state index contributed by atoms with van der Waals surface area (Å²) < 4.78 is 19.3. The van der Waals surface area contributed by atoms with Gasteiger partial charge in [0.05, 0.1) is 45.5 Å². The van der Waals surface area contributed by atoms with Crippen LogP contribution in [0.4, 0.5) is 67.6 Å². The normalized spacial score (nSPS) is 12.2.